The molecular weight excluding hydrogens is 830 g/mol. The number of hydrogen-bond donors (Lipinski definition) is 5. The maximum Gasteiger partial charge on any atom is 0.268 e. The van der Waals surface area contributed by atoms with Gasteiger partial charge in [-0.25, -0.2) is 18.3 Å². The molecule has 14 nitrogen and oxygen atoms in total. The maximum atomic E-state index is 13.8. The normalized spacial score (nSPS) is 18.8. The lowest BCUT2D eigenvalue weighted by Gasteiger charge is -2.40. The summed E-state index contributed by atoms with van der Waals surface area (Å²) < 4.78 is 41.2. The minimum absolute atomic E-state index is 0.0199. The fourth-order valence-corrected chi connectivity index (χ4v) is 9.63. The van der Waals surface area contributed by atoms with Crippen LogP contribution in [0.4, 0.5) is 17.1 Å². The number of nitrogens with one attached hydrogen (secondary N) is 4. The zero-order valence-corrected chi connectivity index (χ0v) is 37.2. The molecule has 1 aliphatic carbocycles. The second-order valence-electron chi connectivity index (χ2n) is 17.3. The van der Waals surface area contributed by atoms with Gasteiger partial charge in [0, 0.05) is 87.1 Å². The molecule has 62 heavy (non-hydrogen) atoms. The van der Waals surface area contributed by atoms with Gasteiger partial charge in [-0.15, -0.1) is 0 Å². The Hall–Kier alpha value is -4.58. The first-order valence-electron chi connectivity index (χ1n) is 21.4. The molecule has 5 N–H and O–H groups in total. The predicted octanol–water partition coefficient (Wildman–Crippen LogP) is 8.19. The number of hydrogen-bond acceptors (Lipinski definition) is 12. The number of sulfonamides is 1. The SMILES string of the molecule is CC1(C)CCC(CNCCNc2ccc(C(=O)NS(=O)(=O)c3ccc(NC4CCN(C5CCOCC5)CC4)c([N+](C)([O-])O)c3)c(Oc3cccnc3)c2)=C(c2ccc(Cl)cc2)C1. The summed E-state index contributed by atoms with van der Waals surface area (Å²) in [6.45, 7) is 9.89. The number of halogens is 1. The Labute approximate surface area is 369 Å². The van der Waals surface area contributed by atoms with E-state index in [1.54, 1.807) is 30.5 Å². The molecule has 1 unspecified atom stereocenters. The Balaban J connectivity index is 1.01. The molecule has 3 aliphatic rings. The van der Waals surface area contributed by atoms with Crippen molar-refractivity contribution in [3.63, 3.8) is 0 Å². The van der Waals surface area contributed by atoms with Crippen LogP contribution in [0.25, 0.3) is 5.57 Å². The highest BCUT2D eigenvalue weighted by Crippen LogP contribution is 2.43. The van der Waals surface area contributed by atoms with Crippen molar-refractivity contribution in [2.24, 2.45) is 5.41 Å². The topological polar surface area (TPSA) is 177 Å². The molecule has 0 radical (unpaired) electrons. The molecule has 2 aliphatic heterocycles. The fraction of sp³-hybridized carbons (Fsp3) is 0.435. The van der Waals surface area contributed by atoms with E-state index in [0.717, 1.165) is 95.9 Å². The number of allylic oxidation sites excluding steroid dienone is 1. The number of nitrogens with zero attached hydrogens (tertiary/aromatic N) is 3. The summed E-state index contributed by atoms with van der Waals surface area (Å²) >= 11 is 6.19. The second-order valence-corrected chi connectivity index (χ2v) is 19.4. The summed E-state index contributed by atoms with van der Waals surface area (Å²) in [5.74, 6) is -0.490. The summed E-state index contributed by atoms with van der Waals surface area (Å²) in [5, 5.41) is 34.6. The van der Waals surface area contributed by atoms with Gasteiger partial charge in [-0.05, 0) is 110 Å². The third kappa shape index (κ3) is 11.9. The number of pyridine rings is 1. The number of carbonyl (C=O) groups is 1. The summed E-state index contributed by atoms with van der Waals surface area (Å²) in [6, 6.07) is 20.6. The van der Waals surface area contributed by atoms with Gasteiger partial charge >= 0.3 is 0 Å². The van der Waals surface area contributed by atoms with Crippen LogP contribution in [0.15, 0.2) is 95.7 Å². The second kappa shape index (κ2) is 19.9. The number of likely N-dealkylation sites (tertiary alicyclic amines) is 1. The highest BCUT2D eigenvalue weighted by Gasteiger charge is 2.31. The number of aromatic nitrogens is 1. The van der Waals surface area contributed by atoms with Crippen LogP contribution in [0.1, 0.15) is 74.7 Å². The lowest BCUT2D eigenvalue weighted by Crippen LogP contribution is -2.46. The van der Waals surface area contributed by atoms with Crippen LogP contribution in [0.2, 0.25) is 5.02 Å². The van der Waals surface area contributed by atoms with Crippen LogP contribution in [0.5, 0.6) is 11.5 Å². The van der Waals surface area contributed by atoms with Crippen LogP contribution in [0.3, 0.4) is 0 Å². The quantitative estimate of drug-likeness (QED) is 0.0415. The van der Waals surface area contributed by atoms with Crippen LogP contribution in [-0.2, 0) is 14.8 Å². The molecular formula is C46H58ClN7O7S. The zero-order chi connectivity index (χ0) is 43.9. The third-order valence-corrected chi connectivity index (χ3v) is 13.6. The summed E-state index contributed by atoms with van der Waals surface area (Å²) in [5.41, 5.74) is 4.92. The molecule has 2 saturated heterocycles. The van der Waals surface area contributed by atoms with E-state index in [4.69, 9.17) is 21.1 Å². The van der Waals surface area contributed by atoms with Gasteiger partial charge in [0.2, 0.25) is 0 Å². The molecule has 16 heteroatoms. The first-order chi connectivity index (χ1) is 29.6. The van der Waals surface area contributed by atoms with Gasteiger partial charge in [-0.2, -0.15) is 4.81 Å². The van der Waals surface area contributed by atoms with Crippen molar-refractivity contribution in [1.82, 2.24) is 24.7 Å². The number of rotatable bonds is 16. The molecule has 3 aromatic carbocycles. The molecule has 0 saturated carbocycles. The highest BCUT2D eigenvalue weighted by molar-refractivity contribution is 7.90. The molecule has 332 valence electrons. The molecule has 7 rings (SSSR count). The lowest BCUT2D eigenvalue weighted by atomic mass is 9.72. The van der Waals surface area contributed by atoms with Crippen LogP contribution in [-0.4, -0.2) is 94.5 Å². The summed E-state index contributed by atoms with van der Waals surface area (Å²) in [6.07, 6.45) is 9.86. The van der Waals surface area contributed by atoms with Gasteiger partial charge in [0.1, 0.15) is 18.5 Å². The largest absolute Gasteiger partial charge is 0.593 e. The number of quaternary nitrogens is 1. The van der Waals surface area contributed by atoms with E-state index in [2.05, 4.69) is 56.5 Å². The van der Waals surface area contributed by atoms with E-state index in [1.165, 1.54) is 41.1 Å². The Morgan fingerprint density at radius 1 is 1.03 bits per heavy atom. The first kappa shape index (κ1) is 45.4. The molecule has 0 bridgehead atoms. The van der Waals surface area contributed by atoms with Crippen molar-refractivity contribution >= 4 is 50.2 Å². The van der Waals surface area contributed by atoms with Crippen molar-refractivity contribution in [1.29, 1.82) is 0 Å². The standard InChI is InChI=1S/C46H58ClN7O7S/c1-46(2)19-14-33(41(29-46)32-6-8-34(47)9-7-32)30-49-21-22-50-36-10-12-40(44(27-36)61-38-5-4-20-48-31-38)45(55)52-62(58,59)39-11-13-42(43(28-39)54(3,56)57)51-35-15-23-53(24-16-35)37-17-25-60-26-18-37/h4-13,20,27-28,31,35,37,49-51,56H,14-19,21-26,29-30H2,1-3H3,(H,52,55). The smallest absolute Gasteiger partial charge is 0.268 e. The van der Waals surface area contributed by atoms with Gasteiger partial charge in [0.05, 0.1) is 22.3 Å². The molecule has 1 atom stereocenters. The predicted molar refractivity (Wildman–Crippen MR) is 244 cm³/mol. The van der Waals surface area contributed by atoms with Gasteiger partial charge in [-0.1, -0.05) is 43.2 Å². The van der Waals surface area contributed by atoms with E-state index in [0.29, 0.717) is 36.3 Å². The molecule has 4 aromatic rings. The van der Waals surface area contributed by atoms with E-state index in [9.17, 15) is 23.6 Å². The maximum absolute atomic E-state index is 13.8. The van der Waals surface area contributed by atoms with E-state index >= 15 is 0 Å². The van der Waals surface area contributed by atoms with Gasteiger partial charge < -0.3 is 35.5 Å². The summed E-state index contributed by atoms with van der Waals surface area (Å²) in [4.78, 5) is 18.1. The van der Waals surface area contributed by atoms with E-state index < -0.39 is 20.7 Å². The van der Waals surface area contributed by atoms with Crippen molar-refractivity contribution in [2.75, 3.05) is 63.6 Å². The number of piperidine rings is 1. The van der Waals surface area contributed by atoms with E-state index in [1.807, 2.05) is 12.1 Å². The number of hydroxylamine groups is 2. The van der Waals surface area contributed by atoms with Gasteiger partial charge in [0.15, 0.2) is 5.69 Å². The minimum Gasteiger partial charge on any atom is -0.593 e. The van der Waals surface area contributed by atoms with Crippen molar-refractivity contribution < 1.29 is 27.9 Å². The van der Waals surface area contributed by atoms with Crippen molar-refractivity contribution in [2.45, 2.75) is 75.8 Å². The molecule has 0 spiro atoms. The first-order valence-corrected chi connectivity index (χ1v) is 23.2. The monoisotopic (exact) mass is 887 g/mol. The van der Waals surface area contributed by atoms with Gasteiger partial charge in [0.25, 0.3) is 15.9 Å². The number of anilines is 2. The molecule has 1 aromatic heterocycles. The Bertz CT molecular complexity index is 2310. The Kier molecular flexibility index (Phi) is 14.6. The number of ether oxygens (including phenoxy) is 2. The van der Waals surface area contributed by atoms with Crippen LogP contribution >= 0.6 is 11.6 Å². The Morgan fingerprint density at radius 2 is 1.79 bits per heavy atom. The van der Waals surface area contributed by atoms with Gasteiger partial charge in [-0.3, -0.25) is 9.78 Å². The van der Waals surface area contributed by atoms with Crippen molar-refractivity contribution in [3.8, 4) is 11.5 Å². The highest BCUT2D eigenvalue weighted by atomic mass is 35.5. The molecule has 1 amide bonds. The minimum atomic E-state index is -4.53. The van der Waals surface area contributed by atoms with Crippen LogP contribution in [0, 0.1) is 10.6 Å². The number of benzene rings is 3. The van der Waals surface area contributed by atoms with Crippen molar-refractivity contribution in [3.05, 3.63) is 112 Å². The Morgan fingerprint density at radius 3 is 2.50 bits per heavy atom. The molecule has 3 heterocycles. The average Bonchev–Trinajstić information content (AvgIpc) is 3.24. The average molecular weight is 889 g/mol. The number of amides is 1. The number of carbonyl (C=O) groups excluding carboxylic acids is 1. The molecule has 2 fully saturated rings. The fourth-order valence-electron chi connectivity index (χ4n) is 8.52. The van der Waals surface area contributed by atoms with E-state index in [-0.39, 0.29) is 33.4 Å². The third-order valence-electron chi connectivity index (χ3n) is 12.0. The van der Waals surface area contributed by atoms with Crippen LogP contribution < -0.4 is 30.2 Å². The zero-order valence-electron chi connectivity index (χ0n) is 35.7. The lowest BCUT2D eigenvalue weighted by molar-refractivity contribution is -0.00406. The summed E-state index contributed by atoms with van der Waals surface area (Å²) in [7, 11) is -3.52.